The number of nitrogens with one attached hydrogen (secondary N) is 1. The molecule has 124 valence electrons. The molecule has 0 atom stereocenters. The second-order valence-corrected chi connectivity index (χ2v) is 6.32. The number of fused-ring (bicyclic) bond motifs is 1. The van der Waals surface area contributed by atoms with E-state index in [1.165, 1.54) is 12.1 Å². The molecule has 0 aliphatic heterocycles. The molecular weight excluding hydrogens is 340 g/mol. The number of rotatable bonds is 4. The molecule has 0 bridgehead atoms. The maximum atomic E-state index is 12.4. The van der Waals surface area contributed by atoms with Crippen molar-refractivity contribution in [2.75, 3.05) is 5.75 Å². The number of Topliss-reactive ketones (excluding diaryl/α,β-unsaturated/α-hetero) is 1. The Morgan fingerprint density at radius 2 is 2.04 bits per heavy atom. The first-order valence-corrected chi connectivity index (χ1v) is 8.31. The van der Waals surface area contributed by atoms with Crippen molar-refractivity contribution >= 4 is 28.5 Å². The number of hydrogen-bond acceptors (Lipinski definition) is 6. The third-order valence-electron chi connectivity index (χ3n) is 3.61. The summed E-state index contributed by atoms with van der Waals surface area (Å²) in [5.41, 5.74) is 0.139. The van der Waals surface area contributed by atoms with E-state index in [-0.39, 0.29) is 16.9 Å². The van der Waals surface area contributed by atoms with Gasteiger partial charge in [-0.25, -0.2) is 4.79 Å². The lowest BCUT2D eigenvalue weighted by Crippen LogP contribution is -2.16. The van der Waals surface area contributed by atoms with Crippen LogP contribution in [0.4, 0.5) is 0 Å². The van der Waals surface area contributed by atoms with E-state index < -0.39 is 11.4 Å². The van der Waals surface area contributed by atoms with Gasteiger partial charge in [0.15, 0.2) is 5.78 Å². The molecule has 6 nitrogen and oxygen atoms in total. The van der Waals surface area contributed by atoms with Crippen LogP contribution in [0.1, 0.15) is 21.5 Å². The summed E-state index contributed by atoms with van der Waals surface area (Å²) >= 11 is 1.01. The predicted molar refractivity (Wildman–Crippen MR) is 94.1 cm³/mol. The van der Waals surface area contributed by atoms with Gasteiger partial charge in [-0.1, -0.05) is 30.0 Å². The lowest BCUT2D eigenvalue weighted by Gasteiger charge is -2.05. The zero-order chi connectivity index (χ0) is 18.0. The number of thioether (sulfide) groups is 1. The molecule has 25 heavy (non-hydrogen) atoms. The van der Waals surface area contributed by atoms with Gasteiger partial charge in [0, 0.05) is 11.5 Å². The molecule has 3 aromatic rings. The topological polar surface area (TPSA) is 104 Å². The molecule has 0 aliphatic carbocycles. The third kappa shape index (κ3) is 3.39. The number of carbonyl (C=O) groups excluding carboxylic acids is 1. The van der Waals surface area contributed by atoms with E-state index in [0.29, 0.717) is 27.1 Å². The second kappa shape index (κ2) is 6.79. The lowest BCUT2D eigenvalue weighted by molar-refractivity contribution is 0.101. The Morgan fingerprint density at radius 3 is 2.80 bits per heavy atom. The Bertz CT molecular complexity index is 1140. The molecule has 0 fully saturated rings. The van der Waals surface area contributed by atoms with Crippen LogP contribution in [0, 0.1) is 18.3 Å². The highest BCUT2D eigenvalue weighted by Crippen LogP contribution is 2.22. The van der Waals surface area contributed by atoms with Crippen molar-refractivity contribution in [2.24, 2.45) is 0 Å². The van der Waals surface area contributed by atoms with Crippen LogP contribution in [0.15, 0.2) is 55.4 Å². The lowest BCUT2D eigenvalue weighted by atomic mass is 10.1. The van der Waals surface area contributed by atoms with Crippen LogP contribution in [-0.2, 0) is 0 Å². The molecule has 0 radical (unpaired) electrons. The largest absolute Gasteiger partial charge is 0.422 e. The van der Waals surface area contributed by atoms with Crippen LogP contribution >= 0.6 is 11.8 Å². The van der Waals surface area contributed by atoms with Gasteiger partial charge in [-0.2, -0.15) is 5.26 Å². The Kier molecular flexibility index (Phi) is 4.55. The Labute approximate surface area is 146 Å². The summed E-state index contributed by atoms with van der Waals surface area (Å²) in [4.78, 5) is 38.5. The van der Waals surface area contributed by atoms with Gasteiger partial charge >= 0.3 is 5.63 Å². The molecule has 1 N–H and O–H groups in total. The average molecular weight is 352 g/mol. The summed E-state index contributed by atoms with van der Waals surface area (Å²) in [5.74, 6) is -0.535. The van der Waals surface area contributed by atoms with Gasteiger partial charge in [0.2, 0.25) is 5.56 Å². The van der Waals surface area contributed by atoms with Gasteiger partial charge in [-0.05, 0) is 24.6 Å². The number of aromatic amines is 1. The summed E-state index contributed by atoms with van der Waals surface area (Å²) in [7, 11) is 0. The first-order valence-electron chi connectivity index (χ1n) is 7.32. The summed E-state index contributed by atoms with van der Waals surface area (Å²) in [6.07, 6.45) is 0. The smallest absolute Gasteiger partial charge is 0.347 e. The molecular formula is C18H12N2O4S. The number of aromatic nitrogens is 1. The fraction of sp³-hybridized carbons (Fsp3) is 0.111. The monoisotopic (exact) mass is 352 g/mol. The van der Waals surface area contributed by atoms with Gasteiger partial charge in [-0.15, -0.1) is 0 Å². The van der Waals surface area contributed by atoms with Crippen molar-refractivity contribution in [3.63, 3.8) is 0 Å². The molecule has 0 saturated heterocycles. The standard InChI is InChI=1S/C18H12N2O4S/c1-10-6-16(22)20-17(13(10)8-19)25-9-14(21)12-7-11-4-2-3-5-15(11)24-18(12)23/h2-7H,9H2,1H3,(H,20,22). The number of aryl methyl sites for hydroxylation is 1. The molecule has 0 amide bonds. The maximum Gasteiger partial charge on any atom is 0.347 e. The van der Waals surface area contributed by atoms with Crippen LogP contribution in [0.5, 0.6) is 0 Å². The molecule has 3 rings (SSSR count). The van der Waals surface area contributed by atoms with Crippen LogP contribution in [0.25, 0.3) is 11.0 Å². The number of pyridine rings is 1. The van der Waals surface area contributed by atoms with Crippen molar-refractivity contribution in [2.45, 2.75) is 11.9 Å². The molecule has 7 heteroatoms. The number of carbonyl (C=O) groups is 1. The SMILES string of the molecule is Cc1cc(=O)[nH]c(SCC(=O)c2cc3ccccc3oc2=O)c1C#N. The first-order chi connectivity index (χ1) is 12.0. The van der Waals surface area contributed by atoms with E-state index in [4.69, 9.17) is 4.42 Å². The minimum atomic E-state index is -0.706. The molecule has 2 heterocycles. The van der Waals surface area contributed by atoms with Crippen molar-refractivity contribution in [1.82, 2.24) is 4.98 Å². The molecule has 1 aromatic carbocycles. The van der Waals surface area contributed by atoms with Crippen molar-refractivity contribution < 1.29 is 9.21 Å². The van der Waals surface area contributed by atoms with Gasteiger partial charge in [0.05, 0.1) is 16.3 Å². The number of para-hydroxylation sites is 1. The average Bonchev–Trinajstić information content (AvgIpc) is 2.58. The Balaban J connectivity index is 1.89. The van der Waals surface area contributed by atoms with Crippen molar-refractivity contribution in [3.05, 3.63) is 73.9 Å². The maximum absolute atomic E-state index is 12.4. The molecule has 0 saturated carbocycles. The molecule has 0 unspecified atom stereocenters. The van der Waals surface area contributed by atoms with Gasteiger partial charge in [0.25, 0.3) is 0 Å². The quantitative estimate of drug-likeness (QED) is 0.440. The van der Waals surface area contributed by atoms with E-state index in [2.05, 4.69) is 4.98 Å². The Hall–Kier alpha value is -3.11. The van der Waals surface area contributed by atoms with E-state index in [0.717, 1.165) is 11.8 Å². The van der Waals surface area contributed by atoms with Crippen molar-refractivity contribution in [1.29, 1.82) is 5.26 Å². The number of nitriles is 1. The summed E-state index contributed by atoms with van der Waals surface area (Å²) in [5, 5.41) is 10.2. The zero-order valence-corrected chi connectivity index (χ0v) is 14.0. The zero-order valence-electron chi connectivity index (χ0n) is 13.2. The number of nitrogens with zero attached hydrogens (tertiary/aromatic N) is 1. The summed E-state index contributed by atoms with van der Waals surface area (Å²) < 4.78 is 5.15. The molecule has 0 aliphatic rings. The van der Waals surface area contributed by atoms with Gasteiger partial charge in [0.1, 0.15) is 17.2 Å². The van der Waals surface area contributed by atoms with E-state index in [9.17, 15) is 19.6 Å². The highest BCUT2D eigenvalue weighted by atomic mass is 32.2. The van der Waals surface area contributed by atoms with Crippen LogP contribution in [0.2, 0.25) is 0 Å². The van der Waals surface area contributed by atoms with Gasteiger partial charge < -0.3 is 9.40 Å². The molecule has 0 spiro atoms. The number of H-pyrrole nitrogens is 1. The second-order valence-electron chi connectivity index (χ2n) is 5.33. The van der Waals surface area contributed by atoms with E-state index in [1.807, 2.05) is 6.07 Å². The predicted octanol–water partition coefficient (Wildman–Crippen LogP) is 2.64. The number of hydrogen-bond donors (Lipinski definition) is 1. The van der Waals surface area contributed by atoms with E-state index >= 15 is 0 Å². The Morgan fingerprint density at radius 1 is 1.28 bits per heavy atom. The number of ketones is 1. The van der Waals surface area contributed by atoms with Crippen LogP contribution in [-0.4, -0.2) is 16.5 Å². The minimum Gasteiger partial charge on any atom is -0.422 e. The molecule has 2 aromatic heterocycles. The first kappa shape index (κ1) is 16.7. The fourth-order valence-electron chi connectivity index (χ4n) is 2.38. The number of benzene rings is 1. The minimum absolute atomic E-state index is 0.0558. The van der Waals surface area contributed by atoms with Gasteiger partial charge in [-0.3, -0.25) is 9.59 Å². The fourth-order valence-corrected chi connectivity index (χ4v) is 3.33. The van der Waals surface area contributed by atoms with Crippen LogP contribution in [0.3, 0.4) is 0 Å². The summed E-state index contributed by atoms with van der Waals surface area (Å²) in [6, 6.07) is 11.7. The van der Waals surface area contributed by atoms with Crippen molar-refractivity contribution in [3.8, 4) is 6.07 Å². The highest BCUT2D eigenvalue weighted by Gasteiger charge is 2.16. The van der Waals surface area contributed by atoms with E-state index in [1.54, 1.807) is 31.2 Å². The summed E-state index contributed by atoms with van der Waals surface area (Å²) in [6.45, 7) is 1.65. The third-order valence-corrected chi connectivity index (χ3v) is 4.61. The van der Waals surface area contributed by atoms with Crippen LogP contribution < -0.4 is 11.2 Å². The normalized spacial score (nSPS) is 10.6. The highest BCUT2D eigenvalue weighted by molar-refractivity contribution is 8.00.